The number of esters is 1. The molecule has 0 spiro atoms. The van der Waals surface area contributed by atoms with Crippen molar-refractivity contribution in [2.75, 3.05) is 13.2 Å². The largest absolute Gasteiger partial charge is 0.456 e. The van der Waals surface area contributed by atoms with Gasteiger partial charge in [0.15, 0.2) is 6.61 Å². The van der Waals surface area contributed by atoms with Crippen LogP contribution in [0.4, 0.5) is 0 Å². The van der Waals surface area contributed by atoms with E-state index >= 15 is 0 Å². The number of carbonyl (C=O) groups excluding carboxylic acids is 4. The lowest BCUT2D eigenvalue weighted by molar-refractivity contribution is -0.149. The molecule has 1 fully saturated rings. The summed E-state index contributed by atoms with van der Waals surface area (Å²) < 4.78 is 5.02. The summed E-state index contributed by atoms with van der Waals surface area (Å²) in [6, 6.07) is 6.81. The number of benzene rings is 1. The van der Waals surface area contributed by atoms with Crippen molar-refractivity contribution in [3.8, 4) is 0 Å². The lowest BCUT2D eigenvalue weighted by Crippen LogP contribution is -2.42. The van der Waals surface area contributed by atoms with E-state index in [2.05, 4.69) is 12.2 Å². The van der Waals surface area contributed by atoms with E-state index in [1.54, 1.807) is 24.3 Å². The summed E-state index contributed by atoms with van der Waals surface area (Å²) in [6.07, 6.45) is 4.69. The van der Waals surface area contributed by atoms with Crippen LogP contribution in [0.3, 0.4) is 0 Å². The molecule has 150 valence electrons. The first kappa shape index (κ1) is 20.0. The first-order valence-corrected chi connectivity index (χ1v) is 9.87. The Bertz CT molecular complexity index is 741. The van der Waals surface area contributed by atoms with Gasteiger partial charge >= 0.3 is 5.97 Å². The number of rotatable bonds is 7. The summed E-state index contributed by atoms with van der Waals surface area (Å²) in [6.45, 7) is 1.97. The third-order valence-electron chi connectivity index (χ3n) is 5.46. The maximum atomic E-state index is 12.2. The van der Waals surface area contributed by atoms with Crippen LogP contribution in [0.25, 0.3) is 0 Å². The van der Waals surface area contributed by atoms with E-state index in [1.807, 2.05) is 0 Å². The molecule has 1 aromatic rings. The van der Waals surface area contributed by atoms with Crippen LogP contribution >= 0.6 is 0 Å². The molecule has 0 bridgehead atoms. The molecule has 1 saturated carbocycles. The second kappa shape index (κ2) is 8.99. The molecular weight excluding hydrogens is 360 g/mol. The Kier molecular flexibility index (Phi) is 6.44. The molecular formula is C21H26N2O5. The van der Waals surface area contributed by atoms with Crippen molar-refractivity contribution in [2.24, 2.45) is 5.92 Å². The molecule has 0 unspecified atom stereocenters. The predicted molar refractivity (Wildman–Crippen MR) is 102 cm³/mol. The molecule has 2 atom stereocenters. The Morgan fingerprint density at radius 3 is 2.39 bits per heavy atom. The second-order valence-electron chi connectivity index (χ2n) is 7.51. The Balaban J connectivity index is 1.36. The summed E-state index contributed by atoms with van der Waals surface area (Å²) in [5, 5.41) is 2.93. The maximum absolute atomic E-state index is 12.2. The van der Waals surface area contributed by atoms with E-state index in [1.165, 1.54) is 6.42 Å². The molecule has 1 aliphatic heterocycles. The highest BCUT2D eigenvalue weighted by atomic mass is 16.5. The Labute approximate surface area is 164 Å². The van der Waals surface area contributed by atoms with Crippen molar-refractivity contribution in [1.82, 2.24) is 10.2 Å². The highest BCUT2D eigenvalue weighted by molar-refractivity contribution is 6.21. The first-order chi connectivity index (χ1) is 13.5. The topological polar surface area (TPSA) is 92.8 Å². The third kappa shape index (κ3) is 4.58. The monoisotopic (exact) mass is 386 g/mol. The van der Waals surface area contributed by atoms with Gasteiger partial charge in [-0.3, -0.25) is 24.1 Å². The van der Waals surface area contributed by atoms with Crippen molar-refractivity contribution < 1.29 is 23.9 Å². The number of hydrogen-bond acceptors (Lipinski definition) is 5. The van der Waals surface area contributed by atoms with Gasteiger partial charge in [-0.05, 0) is 37.3 Å². The van der Waals surface area contributed by atoms with E-state index in [0.29, 0.717) is 23.5 Å². The quantitative estimate of drug-likeness (QED) is 0.573. The molecule has 1 aromatic carbocycles. The van der Waals surface area contributed by atoms with Gasteiger partial charge in [0.1, 0.15) is 0 Å². The number of fused-ring (bicyclic) bond motifs is 1. The number of amides is 3. The molecule has 1 N–H and O–H groups in total. The molecule has 1 heterocycles. The minimum atomic E-state index is -0.511. The van der Waals surface area contributed by atoms with Gasteiger partial charge in [-0.15, -0.1) is 0 Å². The highest BCUT2D eigenvalue weighted by Crippen LogP contribution is 2.24. The van der Waals surface area contributed by atoms with E-state index < -0.39 is 5.97 Å². The summed E-state index contributed by atoms with van der Waals surface area (Å²) >= 11 is 0. The fraction of sp³-hybridized carbons (Fsp3) is 0.524. The molecule has 3 amide bonds. The SMILES string of the molecule is C[C@H]1CCCC[C@@H]1NC(=O)COC(=O)CCCN1C(=O)c2ccccc2C1=O. The molecule has 7 heteroatoms. The van der Waals surface area contributed by atoms with Crippen molar-refractivity contribution in [2.45, 2.75) is 51.5 Å². The lowest BCUT2D eigenvalue weighted by Gasteiger charge is -2.29. The minimum absolute atomic E-state index is 0.0422. The second-order valence-corrected chi connectivity index (χ2v) is 7.51. The Morgan fingerprint density at radius 1 is 1.11 bits per heavy atom. The van der Waals surface area contributed by atoms with Crippen LogP contribution in [-0.4, -0.2) is 47.8 Å². The number of nitrogens with one attached hydrogen (secondary N) is 1. The van der Waals surface area contributed by atoms with Gasteiger partial charge in [0, 0.05) is 19.0 Å². The van der Waals surface area contributed by atoms with E-state index in [9.17, 15) is 19.2 Å². The summed E-state index contributed by atoms with van der Waals surface area (Å²) in [5.41, 5.74) is 0.785. The fourth-order valence-electron chi connectivity index (χ4n) is 3.82. The van der Waals surface area contributed by atoms with Crippen molar-refractivity contribution in [1.29, 1.82) is 0 Å². The zero-order valence-electron chi connectivity index (χ0n) is 16.1. The van der Waals surface area contributed by atoms with Gasteiger partial charge in [0.25, 0.3) is 17.7 Å². The van der Waals surface area contributed by atoms with E-state index in [0.717, 1.165) is 24.2 Å². The predicted octanol–water partition coefficient (Wildman–Crippen LogP) is 2.30. The summed E-state index contributed by atoms with van der Waals surface area (Å²) in [5.74, 6) is -1.03. The fourth-order valence-corrected chi connectivity index (χ4v) is 3.82. The first-order valence-electron chi connectivity index (χ1n) is 9.87. The van der Waals surface area contributed by atoms with Crippen LogP contribution in [0.2, 0.25) is 0 Å². The van der Waals surface area contributed by atoms with Crippen LogP contribution in [0, 0.1) is 5.92 Å². The minimum Gasteiger partial charge on any atom is -0.456 e. The highest BCUT2D eigenvalue weighted by Gasteiger charge is 2.34. The number of ether oxygens (including phenoxy) is 1. The average Bonchev–Trinajstić information content (AvgIpc) is 2.93. The smallest absolute Gasteiger partial charge is 0.306 e. The van der Waals surface area contributed by atoms with Gasteiger partial charge in [0.05, 0.1) is 11.1 Å². The Hall–Kier alpha value is -2.70. The summed E-state index contributed by atoms with van der Waals surface area (Å²) in [7, 11) is 0. The van der Waals surface area contributed by atoms with Gasteiger partial charge in [-0.25, -0.2) is 0 Å². The van der Waals surface area contributed by atoms with Gasteiger partial charge < -0.3 is 10.1 Å². The number of carbonyl (C=O) groups is 4. The van der Waals surface area contributed by atoms with Crippen LogP contribution in [0.1, 0.15) is 66.2 Å². The number of imide groups is 1. The van der Waals surface area contributed by atoms with Crippen LogP contribution in [-0.2, 0) is 14.3 Å². The number of nitrogens with zero attached hydrogens (tertiary/aromatic N) is 1. The normalized spacial score (nSPS) is 21.4. The third-order valence-corrected chi connectivity index (χ3v) is 5.46. The lowest BCUT2D eigenvalue weighted by atomic mass is 9.86. The molecule has 1 aliphatic carbocycles. The molecule has 3 rings (SSSR count). The van der Waals surface area contributed by atoms with Gasteiger partial charge in [-0.2, -0.15) is 0 Å². The van der Waals surface area contributed by atoms with Crippen LogP contribution in [0.5, 0.6) is 0 Å². The molecule has 7 nitrogen and oxygen atoms in total. The number of hydrogen-bond donors (Lipinski definition) is 1. The van der Waals surface area contributed by atoms with E-state index in [4.69, 9.17) is 4.74 Å². The van der Waals surface area contributed by atoms with Gasteiger partial charge in [0.2, 0.25) is 0 Å². The summed E-state index contributed by atoms with van der Waals surface area (Å²) in [4.78, 5) is 49.5. The maximum Gasteiger partial charge on any atom is 0.306 e. The zero-order chi connectivity index (χ0) is 20.1. The molecule has 0 radical (unpaired) electrons. The van der Waals surface area contributed by atoms with Crippen molar-refractivity contribution >= 4 is 23.7 Å². The standard InChI is InChI=1S/C21H26N2O5/c1-14-7-2-5-10-17(14)22-18(24)13-28-19(25)11-6-12-23-20(26)15-8-3-4-9-16(15)21(23)27/h3-4,8-9,14,17H,2,5-7,10-13H2,1H3,(H,22,24)/t14-,17-/m0/s1. The van der Waals surface area contributed by atoms with Gasteiger partial charge in [-0.1, -0.05) is 31.9 Å². The molecule has 28 heavy (non-hydrogen) atoms. The Morgan fingerprint density at radius 2 is 1.75 bits per heavy atom. The van der Waals surface area contributed by atoms with Crippen LogP contribution in [0.15, 0.2) is 24.3 Å². The van der Waals surface area contributed by atoms with E-state index in [-0.39, 0.29) is 43.3 Å². The van der Waals surface area contributed by atoms with Crippen molar-refractivity contribution in [3.05, 3.63) is 35.4 Å². The molecule has 2 aliphatic rings. The van der Waals surface area contributed by atoms with Crippen molar-refractivity contribution in [3.63, 3.8) is 0 Å². The van der Waals surface area contributed by atoms with Crippen LogP contribution < -0.4 is 5.32 Å². The molecule has 0 aromatic heterocycles. The zero-order valence-corrected chi connectivity index (χ0v) is 16.1. The molecule has 0 saturated heterocycles. The average molecular weight is 386 g/mol.